The lowest BCUT2D eigenvalue weighted by molar-refractivity contribution is 0.459. The number of rotatable bonds is 4. The minimum absolute atomic E-state index is 0.0635. The van der Waals surface area contributed by atoms with Gasteiger partial charge in [0.15, 0.2) is 15.7 Å². The number of nitrogens with zero attached hydrogens (tertiary/aromatic N) is 2. The van der Waals surface area contributed by atoms with Crippen molar-refractivity contribution in [3.8, 4) is 0 Å². The van der Waals surface area contributed by atoms with Gasteiger partial charge in [-0.15, -0.1) is 0 Å². The van der Waals surface area contributed by atoms with Gasteiger partial charge in [-0.05, 0) is 36.7 Å². The fourth-order valence-electron chi connectivity index (χ4n) is 2.70. The number of anilines is 2. The van der Waals surface area contributed by atoms with Crippen LogP contribution in [0.25, 0.3) is 0 Å². The first-order chi connectivity index (χ1) is 9.49. The molecule has 2 rings (SSSR count). The van der Waals surface area contributed by atoms with Crippen molar-refractivity contribution in [3.05, 3.63) is 0 Å². The van der Waals surface area contributed by atoms with Gasteiger partial charge in [-0.25, -0.2) is 8.42 Å². The summed E-state index contributed by atoms with van der Waals surface area (Å²) in [6.07, 6.45) is 4.62. The molecule has 7 heteroatoms. The molecule has 1 aromatic heterocycles. The summed E-state index contributed by atoms with van der Waals surface area (Å²) in [5.74, 6) is 0.966. The van der Waals surface area contributed by atoms with Gasteiger partial charge in [0.2, 0.25) is 0 Å². The molecule has 20 heavy (non-hydrogen) atoms. The standard InChI is InChI=1S/C13H23N3O2S2/c1-3-10-6-5-8-16(9-7-10)13-11(12(14)15-19-13)20(17,18)4-2/h10H,3-9H2,1-2H3,(H2,14,15). The van der Waals surface area contributed by atoms with E-state index < -0.39 is 9.84 Å². The van der Waals surface area contributed by atoms with Crippen molar-refractivity contribution in [2.24, 2.45) is 5.92 Å². The minimum Gasteiger partial charge on any atom is -0.382 e. The quantitative estimate of drug-likeness (QED) is 0.923. The lowest BCUT2D eigenvalue weighted by Crippen LogP contribution is -2.25. The molecule has 1 aromatic rings. The first-order valence-electron chi connectivity index (χ1n) is 7.22. The molecule has 0 aliphatic carbocycles. The predicted octanol–water partition coefficient (Wildman–Crippen LogP) is 2.54. The summed E-state index contributed by atoms with van der Waals surface area (Å²) in [6, 6.07) is 0. The Morgan fingerprint density at radius 1 is 1.35 bits per heavy atom. The molecule has 5 nitrogen and oxygen atoms in total. The van der Waals surface area contributed by atoms with E-state index in [4.69, 9.17) is 5.73 Å². The zero-order valence-corrected chi connectivity index (χ0v) is 13.8. The van der Waals surface area contributed by atoms with Gasteiger partial charge in [0.05, 0.1) is 5.75 Å². The van der Waals surface area contributed by atoms with E-state index in [9.17, 15) is 8.42 Å². The molecule has 1 saturated heterocycles. The zero-order valence-electron chi connectivity index (χ0n) is 12.1. The molecule has 1 aliphatic rings. The monoisotopic (exact) mass is 317 g/mol. The highest BCUT2D eigenvalue weighted by Gasteiger charge is 2.28. The Hall–Kier alpha value is -0.820. The molecule has 1 atom stereocenters. The van der Waals surface area contributed by atoms with E-state index in [-0.39, 0.29) is 16.5 Å². The van der Waals surface area contributed by atoms with E-state index in [1.165, 1.54) is 24.4 Å². The maximum atomic E-state index is 12.2. The number of nitrogens with two attached hydrogens (primary N) is 1. The third-order valence-corrected chi connectivity index (χ3v) is 6.90. The van der Waals surface area contributed by atoms with E-state index in [1.807, 2.05) is 0 Å². The summed E-state index contributed by atoms with van der Waals surface area (Å²) >= 11 is 1.21. The second kappa shape index (κ2) is 6.30. The van der Waals surface area contributed by atoms with Crippen LogP contribution in [0.4, 0.5) is 10.8 Å². The largest absolute Gasteiger partial charge is 0.382 e. The Kier molecular flexibility index (Phi) is 4.90. The third-order valence-electron chi connectivity index (χ3n) is 4.06. The molecule has 2 heterocycles. The summed E-state index contributed by atoms with van der Waals surface area (Å²) < 4.78 is 28.5. The van der Waals surface area contributed by atoms with Gasteiger partial charge in [0.25, 0.3) is 0 Å². The smallest absolute Gasteiger partial charge is 0.184 e. The van der Waals surface area contributed by atoms with Gasteiger partial charge in [-0.3, -0.25) is 0 Å². The van der Waals surface area contributed by atoms with Crippen LogP contribution >= 0.6 is 11.5 Å². The molecular formula is C13H23N3O2S2. The zero-order chi connectivity index (χ0) is 14.8. The average molecular weight is 317 g/mol. The van der Waals surface area contributed by atoms with Crippen molar-refractivity contribution in [1.29, 1.82) is 0 Å². The van der Waals surface area contributed by atoms with Crippen molar-refractivity contribution in [2.45, 2.75) is 44.4 Å². The highest BCUT2D eigenvalue weighted by atomic mass is 32.2. The van der Waals surface area contributed by atoms with Gasteiger partial charge < -0.3 is 10.6 Å². The van der Waals surface area contributed by atoms with Gasteiger partial charge >= 0.3 is 0 Å². The van der Waals surface area contributed by atoms with Crippen molar-refractivity contribution in [3.63, 3.8) is 0 Å². The van der Waals surface area contributed by atoms with E-state index in [2.05, 4.69) is 16.2 Å². The molecule has 0 radical (unpaired) electrons. The summed E-state index contributed by atoms with van der Waals surface area (Å²) in [4.78, 5) is 2.41. The van der Waals surface area contributed by atoms with Crippen molar-refractivity contribution >= 4 is 32.2 Å². The maximum Gasteiger partial charge on any atom is 0.184 e. The first kappa shape index (κ1) is 15.6. The number of hydrogen-bond donors (Lipinski definition) is 1. The maximum absolute atomic E-state index is 12.2. The first-order valence-corrected chi connectivity index (χ1v) is 9.65. The molecule has 0 aromatic carbocycles. The highest BCUT2D eigenvalue weighted by Crippen LogP contribution is 2.37. The average Bonchev–Trinajstić information content (AvgIpc) is 2.68. The van der Waals surface area contributed by atoms with Crippen LogP contribution in [0, 0.1) is 5.92 Å². The van der Waals surface area contributed by atoms with Crippen LogP contribution in [0.3, 0.4) is 0 Å². The predicted molar refractivity (Wildman–Crippen MR) is 84.1 cm³/mol. The lowest BCUT2D eigenvalue weighted by atomic mass is 9.98. The SMILES string of the molecule is CCC1CCCN(c2snc(N)c2S(=O)(=O)CC)CC1. The Balaban J connectivity index is 2.30. The normalized spacial score (nSPS) is 20.9. The van der Waals surface area contributed by atoms with Crippen LogP contribution < -0.4 is 10.6 Å². The minimum atomic E-state index is -3.32. The van der Waals surface area contributed by atoms with Crippen LogP contribution in [0.5, 0.6) is 0 Å². The second-order valence-electron chi connectivity index (χ2n) is 5.30. The van der Waals surface area contributed by atoms with Gasteiger partial charge in [-0.1, -0.05) is 20.3 Å². The molecule has 0 saturated carbocycles. The summed E-state index contributed by atoms with van der Waals surface area (Å²) in [5, 5.41) is 0.737. The van der Waals surface area contributed by atoms with Crippen LogP contribution in [0.15, 0.2) is 4.90 Å². The molecule has 2 N–H and O–H groups in total. The third kappa shape index (κ3) is 3.09. The number of aromatic nitrogens is 1. The molecule has 0 bridgehead atoms. The van der Waals surface area contributed by atoms with E-state index in [0.29, 0.717) is 0 Å². The summed E-state index contributed by atoms with van der Waals surface area (Å²) in [5.41, 5.74) is 5.80. The molecule has 0 amide bonds. The van der Waals surface area contributed by atoms with Crippen LogP contribution in [0.2, 0.25) is 0 Å². The highest BCUT2D eigenvalue weighted by molar-refractivity contribution is 7.91. The lowest BCUT2D eigenvalue weighted by Gasteiger charge is -2.21. The van der Waals surface area contributed by atoms with Crippen LogP contribution in [0.1, 0.15) is 39.5 Å². The molecule has 1 aliphatic heterocycles. The molecule has 114 valence electrons. The summed E-state index contributed by atoms with van der Waals surface area (Å²) in [6.45, 7) is 5.65. The Morgan fingerprint density at radius 2 is 2.10 bits per heavy atom. The molecule has 0 spiro atoms. The second-order valence-corrected chi connectivity index (χ2v) is 8.26. The van der Waals surface area contributed by atoms with Gasteiger partial charge in [0, 0.05) is 13.1 Å². The summed E-state index contributed by atoms with van der Waals surface area (Å²) in [7, 11) is -3.32. The number of sulfone groups is 1. The van der Waals surface area contributed by atoms with E-state index in [0.717, 1.165) is 36.9 Å². The number of hydrogen-bond acceptors (Lipinski definition) is 6. The van der Waals surface area contributed by atoms with Gasteiger partial charge in [-0.2, -0.15) is 4.37 Å². The Morgan fingerprint density at radius 3 is 2.75 bits per heavy atom. The topological polar surface area (TPSA) is 76.3 Å². The van der Waals surface area contributed by atoms with Gasteiger partial charge in [0.1, 0.15) is 9.90 Å². The fourth-order valence-corrected chi connectivity index (χ4v) is 5.06. The Bertz CT molecular complexity index is 554. The molecule has 1 fully saturated rings. The number of nitrogen functional groups attached to an aromatic ring is 1. The van der Waals surface area contributed by atoms with E-state index >= 15 is 0 Å². The van der Waals surface area contributed by atoms with Crippen LogP contribution in [-0.4, -0.2) is 31.6 Å². The van der Waals surface area contributed by atoms with Crippen molar-refractivity contribution < 1.29 is 8.42 Å². The molecular weight excluding hydrogens is 294 g/mol. The van der Waals surface area contributed by atoms with Crippen molar-refractivity contribution in [2.75, 3.05) is 29.5 Å². The fraction of sp³-hybridized carbons (Fsp3) is 0.769. The van der Waals surface area contributed by atoms with E-state index in [1.54, 1.807) is 6.92 Å². The van der Waals surface area contributed by atoms with Crippen molar-refractivity contribution in [1.82, 2.24) is 4.37 Å². The van der Waals surface area contributed by atoms with Crippen LogP contribution in [-0.2, 0) is 9.84 Å². The Labute approximate surface area is 125 Å². The molecule has 1 unspecified atom stereocenters.